The van der Waals surface area contributed by atoms with Crippen LogP contribution in [0.15, 0.2) is 48.7 Å². The van der Waals surface area contributed by atoms with Gasteiger partial charge in [0, 0.05) is 12.2 Å². The molecule has 0 bridgehead atoms. The van der Waals surface area contributed by atoms with E-state index in [4.69, 9.17) is 5.11 Å². The van der Waals surface area contributed by atoms with Gasteiger partial charge in [-0.25, -0.2) is 0 Å². The van der Waals surface area contributed by atoms with Gasteiger partial charge in [0.25, 0.3) is 0 Å². The number of rotatable bonds is 8. The standard InChI is InChI=1S/C13H19NO2/c1-4-6-7-8-9-12(14-5-2)11(3)10-13(15)16/h4,7-9,14H,1,3,5-6,10H2,2H3,(H,15,16)/b8-7-,12-9+. The van der Waals surface area contributed by atoms with Crippen LogP contribution in [0.3, 0.4) is 0 Å². The first-order chi connectivity index (χ1) is 7.61. The van der Waals surface area contributed by atoms with E-state index in [0.29, 0.717) is 5.57 Å². The summed E-state index contributed by atoms with van der Waals surface area (Å²) < 4.78 is 0. The summed E-state index contributed by atoms with van der Waals surface area (Å²) >= 11 is 0. The number of carboxylic acids is 1. The Kier molecular flexibility index (Phi) is 7.59. The summed E-state index contributed by atoms with van der Waals surface area (Å²) in [5.41, 5.74) is 1.35. The molecule has 0 aliphatic rings. The van der Waals surface area contributed by atoms with Gasteiger partial charge in [-0.15, -0.1) is 6.58 Å². The van der Waals surface area contributed by atoms with Crippen LogP contribution in [0.1, 0.15) is 19.8 Å². The van der Waals surface area contributed by atoms with E-state index in [9.17, 15) is 4.79 Å². The van der Waals surface area contributed by atoms with E-state index >= 15 is 0 Å². The third kappa shape index (κ3) is 6.65. The second kappa shape index (κ2) is 8.53. The summed E-state index contributed by atoms with van der Waals surface area (Å²) in [7, 11) is 0. The lowest BCUT2D eigenvalue weighted by atomic mass is 10.1. The molecule has 0 spiro atoms. The second-order valence-corrected chi connectivity index (χ2v) is 3.24. The van der Waals surface area contributed by atoms with Crippen molar-refractivity contribution in [2.45, 2.75) is 19.8 Å². The van der Waals surface area contributed by atoms with Crippen molar-refractivity contribution in [3.8, 4) is 0 Å². The van der Waals surface area contributed by atoms with Crippen LogP contribution < -0.4 is 5.32 Å². The molecule has 0 amide bonds. The monoisotopic (exact) mass is 221 g/mol. The summed E-state index contributed by atoms with van der Waals surface area (Å²) in [5.74, 6) is -0.871. The van der Waals surface area contributed by atoms with Crippen LogP contribution in [-0.2, 0) is 4.79 Å². The zero-order valence-electron chi connectivity index (χ0n) is 9.70. The van der Waals surface area contributed by atoms with E-state index in [1.54, 1.807) is 6.08 Å². The van der Waals surface area contributed by atoms with E-state index in [1.807, 2.05) is 25.2 Å². The molecule has 0 aromatic heterocycles. The Balaban J connectivity index is 4.51. The Bertz CT molecular complexity index is 314. The highest BCUT2D eigenvalue weighted by atomic mass is 16.4. The highest BCUT2D eigenvalue weighted by Gasteiger charge is 2.05. The highest BCUT2D eigenvalue weighted by Crippen LogP contribution is 2.09. The molecule has 3 nitrogen and oxygen atoms in total. The molecular formula is C13H19NO2. The number of hydrogen-bond donors (Lipinski definition) is 2. The summed E-state index contributed by atoms with van der Waals surface area (Å²) in [4.78, 5) is 10.5. The van der Waals surface area contributed by atoms with E-state index in [0.717, 1.165) is 18.7 Å². The molecule has 16 heavy (non-hydrogen) atoms. The lowest BCUT2D eigenvalue weighted by Gasteiger charge is -2.09. The van der Waals surface area contributed by atoms with Crippen LogP contribution in [0.4, 0.5) is 0 Å². The molecule has 0 rings (SSSR count). The van der Waals surface area contributed by atoms with Gasteiger partial charge in [-0.1, -0.05) is 24.8 Å². The quantitative estimate of drug-likeness (QED) is 0.489. The van der Waals surface area contributed by atoms with Crippen LogP contribution >= 0.6 is 0 Å². The zero-order chi connectivity index (χ0) is 12.4. The van der Waals surface area contributed by atoms with E-state index in [-0.39, 0.29) is 6.42 Å². The summed E-state index contributed by atoms with van der Waals surface area (Å²) in [6, 6.07) is 0. The van der Waals surface area contributed by atoms with E-state index < -0.39 is 5.97 Å². The summed E-state index contributed by atoms with van der Waals surface area (Å²) in [5, 5.41) is 11.7. The Hall–Kier alpha value is -1.77. The number of nitrogens with one attached hydrogen (secondary N) is 1. The maximum absolute atomic E-state index is 10.5. The van der Waals surface area contributed by atoms with Crippen molar-refractivity contribution in [2.24, 2.45) is 0 Å². The number of aliphatic carboxylic acids is 1. The minimum absolute atomic E-state index is 0.0475. The number of likely N-dealkylation sites (N-methyl/N-ethyl adjacent to an activating group) is 1. The van der Waals surface area contributed by atoms with Crippen LogP contribution in [0, 0.1) is 0 Å². The Morgan fingerprint density at radius 2 is 2.19 bits per heavy atom. The molecule has 0 saturated heterocycles. The third-order valence-electron chi connectivity index (χ3n) is 1.81. The van der Waals surface area contributed by atoms with Gasteiger partial charge in [-0.05, 0) is 25.0 Å². The third-order valence-corrected chi connectivity index (χ3v) is 1.81. The number of carbonyl (C=O) groups is 1. The van der Waals surface area contributed by atoms with E-state index in [1.165, 1.54) is 0 Å². The molecule has 0 aliphatic heterocycles. The first-order valence-electron chi connectivity index (χ1n) is 5.23. The topological polar surface area (TPSA) is 49.3 Å². The van der Waals surface area contributed by atoms with Gasteiger partial charge in [0.15, 0.2) is 0 Å². The molecule has 2 N–H and O–H groups in total. The molecule has 0 radical (unpaired) electrons. The highest BCUT2D eigenvalue weighted by molar-refractivity contribution is 5.71. The minimum atomic E-state index is -0.871. The molecule has 0 unspecified atom stereocenters. The van der Waals surface area contributed by atoms with Gasteiger partial charge >= 0.3 is 5.97 Å². The second-order valence-electron chi connectivity index (χ2n) is 3.24. The van der Waals surface area contributed by atoms with Gasteiger partial charge in [-0.3, -0.25) is 4.79 Å². The predicted octanol–water partition coefficient (Wildman–Crippen LogP) is 2.64. The van der Waals surface area contributed by atoms with Crippen molar-refractivity contribution in [3.05, 3.63) is 48.7 Å². The lowest BCUT2D eigenvalue weighted by molar-refractivity contribution is -0.136. The van der Waals surface area contributed by atoms with E-state index in [2.05, 4.69) is 18.5 Å². The number of carboxylic acid groups (broad SMARTS) is 1. The Morgan fingerprint density at radius 1 is 1.50 bits per heavy atom. The molecule has 0 fully saturated rings. The largest absolute Gasteiger partial charge is 0.481 e. The first kappa shape index (κ1) is 14.2. The normalized spacial score (nSPS) is 11.4. The molecule has 0 aliphatic carbocycles. The zero-order valence-corrected chi connectivity index (χ0v) is 9.70. The molecule has 0 heterocycles. The summed E-state index contributed by atoms with van der Waals surface area (Å²) in [6.45, 7) is 10.0. The fourth-order valence-electron chi connectivity index (χ4n) is 1.11. The average Bonchev–Trinajstić information content (AvgIpc) is 2.21. The predicted molar refractivity (Wildman–Crippen MR) is 67.1 cm³/mol. The van der Waals surface area contributed by atoms with Gasteiger partial charge in [0.1, 0.15) is 0 Å². The van der Waals surface area contributed by atoms with Gasteiger partial charge in [-0.2, -0.15) is 0 Å². The van der Waals surface area contributed by atoms with Crippen LogP contribution in [0.2, 0.25) is 0 Å². The molecule has 0 aromatic carbocycles. The van der Waals surface area contributed by atoms with Crippen molar-refractivity contribution < 1.29 is 9.90 Å². The van der Waals surface area contributed by atoms with Gasteiger partial charge in [0.05, 0.1) is 6.42 Å². The average molecular weight is 221 g/mol. The smallest absolute Gasteiger partial charge is 0.307 e. The number of allylic oxidation sites excluding steroid dienone is 5. The van der Waals surface area contributed by atoms with Gasteiger partial charge < -0.3 is 10.4 Å². The minimum Gasteiger partial charge on any atom is -0.481 e. The first-order valence-corrected chi connectivity index (χ1v) is 5.23. The molecule has 0 saturated carbocycles. The SMILES string of the molecule is C=CC/C=C\C=C(\NCC)C(=C)CC(=O)O. The van der Waals surface area contributed by atoms with Crippen molar-refractivity contribution >= 4 is 5.97 Å². The fourth-order valence-corrected chi connectivity index (χ4v) is 1.11. The maximum atomic E-state index is 10.5. The Labute approximate surface area is 96.9 Å². The van der Waals surface area contributed by atoms with Gasteiger partial charge in [0.2, 0.25) is 0 Å². The van der Waals surface area contributed by atoms with Crippen LogP contribution in [0.5, 0.6) is 0 Å². The van der Waals surface area contributed by atoms with Crippen molar-refractivity contribution in [1.82, 2.24) is 5.32 Å². The molecule has 0 atom stereocenters. The van der Waals surface area contributed by atoms with Crippen molar-refractivity contribution in [1.29, 1.82) is 0 Å². The van der Waals surface area contributed by atoms with Crippen LogP contribution in [-0.4, -0.2) is 17.6 Å². The van der Waals surface area contributed by atoms with Crippen LogP contribution in [0.25, 0.3) is 0 Å². The molecule has 0 aromatic rings. The molecule has 88 valence electrons. The molecule has 3 heteroatoms. The van der Waals surface area contributed by atoms with Crippen molar-refractivity contribution in [2.75, 3.05) is 6.54 Å². The lowest BCUT2D eigenvalue weighted by Crippen LogP contribution is -2.15. The fraction of sp³-hybridized carbons (Fsp3) is 0.308. The molecular weight excluding hydrogens is 202 g/mol. The van der Waals surface area contributed by atoms with Crippen molar-refractivity contribution in [3.63, 3.8) is 0 Å². The number of hydrogen-bond acceptors (Lipinski definition) is 2. The summed E-state index contributed by atoms with van der Waals surface area (Å²) in [6.07, 6.45) is 8.18. The maximum Gasteiger partial charge on any atom is 0.307 e. The Morgan fingerprint density at radius 3 is 2.69 bits per heavy atom.